The third-order valence-electron chi connectivity index (χ3n) is 6.22. The Morgan fingerprint density at radius 1 is 0.564 bits per heavy atom. The van der Waals surface area contributed by atoms with Crippen LogP contribution in [0.1, 0.15) is 31.8 Å². The fraction of sp³-hybridized carbons (Fsp3) is 0.133. The summed E-state index contributed by atoms with van der Waals surface area (Å²) in [7, 11) is 0. The molecule has 9 heteroatoms. The first-order valence-corrected chi connectivity index (χ1v) is 14.6. The molecule has 0 saturated carbocycles. The van der Waals surface area contributed by atoms with E-state index in [1.807, 2.05) is 24.3 Å². The minimum absolute atomic E-state index is 0.000904. The number of aliphatic hydroxyl groups is 2. The van der Waals surface area contributed by atoms with Crippen molar-refractivity contribution in [1.82, 2.24) is 0 Å². The summed E-state index contributed by atoms with van der Waals surface area (Å²) >= 11 is 4.76. The maximum absolute atomic E-state index is 11.5. The van der Waals surface area contributed by atoms with Crippen LogP contribution in [0.25, 0.3) is 40.4 Å². The SMILES string of the molecule is O=C(O)c1cccc(-c2cc(CCO)c(-c3ccc(-c4sc(-c5cccc(C(=O)O)c5)cc4CCO)s3)s2)c1. The Morgan fingerprint density at radius 2 is 1.00 bits per heavy atom. The van der Waals surface area contributed by atoms with E-state index in [9.17, 15) is 30.0 Å². The first kappa shape index (κ1) is 27.0. The van der Waals surface area contributed by atoms with Crippen LogP contribution in [0.2, 0.25) is 0 Å². The van der Waals surface area contributed by atoms with Gasteiger partial charge in [-0.15, -0.1) is 34.0 Å². The summed E-state index contributed by atoms with van der Waals surface area (Å²) < 4.78 is 0. The van der Waals surface area contributed by atoms with Gasteiger partial charge in [0.1, 0.15) is 0 Å². The van der Waals surface area contributed by atoms with Gasteiger partial charge in [0, 0.05) is 42.5 Å². The van der Waals surface area contributed by atoms with Gasteiger partial charge in [0.15, 0.2) is 0 Å². The smallest absolute Gasteiger partial charge is 0.335 e. The van der Waals surface area contributed by atoms with Gasteiger partial charge in [-0.25, -0.2) is 9.59 Å². The fourth-order valence-corrected chi connectivity index (χ4v) is 8.07. The highest BCUT2D eigenvalue weighted by atomic mass is 32.1. The van der Waals surface area contributed by atoms with Crippen molar-refractivity contribution in [2.24, 2.45) is 0 Å². The van der Waals surface area contributed by atoms with Crippen molar-refractivity contribution in [2.45, 2.75) is 12.8 Å². The van der Waals surface area contributed by atoms with Crippen LogP contribution >= 0.6 is 34.0 Å². The fourth-order valence-electron chi connectivity index (χ4n) is 4.36. The van der Waals surface area contributed by atoms with Crippen LogP contribution in [0.3, 0.4) is 0 Å². The van der Waals surface area contributed by atoms with Crippen molar-refractivity contribution in [2.75, 3.05) is 13.2 Å². The third-order valence-corrected chi connectivity index (χ3v) is 10.1. The van der Waals surface area contributed by atoms with Gasteiger partial charge in [-0.05, 0) is 83.6 Å². The number of hydrogen-bond acceptors (Lipinski definition) is 7. The molecule has 39 heavy (non-hydrogen) atoms. The number of aromatic carboxylic acids is 2. The van der Waals surface area contributed by atoms with Crippen molar-refractivity contribution in [3.05, 3.63) is 95.1 Å². The normalized spacial score (nSPS) is 11.1. The van der Waals surface area contributed by atoms with E-state index in [0.717, 1.165) is 51.5 Å². The highest BCUT2D eigenvalue weighted by molar-refractivity contribution is 7.28. The molecule has 4 N–H and O–H groups in total. The van der Waals surface area contributed by atoms with Crippen LogP contribution < -0.4 is 0 Å². The first-order chi connectivity index (χ1) is 18.9. The molecule has 0 bridgehead atoms. The first-order valence-electron chi connectivity index (χ1n) is 12.1. The summed E-state index contributed by atoms with van der Waals surface area (Å²) in [5, 5.41) is 38.2. The molecule has 0 aliphatic carbocycles. The lowest BCUT2D eigenvalue weighted by Crippen LogP contribution is -1.95. The number of carbonyl (C=O) groups is 2. The summed E-state index contributed by atoms with van der Waals surface area (Å²) in [6.45, 7) is 0.00181. The second kappa shape index (κ2) is 11.6. The third kappa shape index (κ3) is 5.73. The molecule has 0 spiro atoms. The summed E-state index contributed by atoms with van der Waals surface area (Å²) in [5.41, 5.74) is 4.09. The molecule has 0 fully saturated rings. The summed E-state index contributed by atoms with van der Waals surface area (Å²) in [6, 6.07) is 21.8. The number of carboxylic acid groups (broad SMARTS) is 2. The Balaban J connectivity index is 1.53. The highest BCUT2D eigenvalue weighted by Gasteiger charge is 2.19. The molecule has 0 amide bonds. The number of benzene rings is 2. The van der Waals surface area contributed by atoms with Crippen molar-refractivity contribution >= 4 is 45.9 Å². The Bertz CT molecular complexity index is 1540. The molecular weight excluding hydrogens is 553 g/mol. The number of carboxylic acids is 2. The van der Waals surface area contributed by atoms with Crippen LogP contribution in [-0.2, 0) is 12.8 Å². The topological polar surface area (TPSA) is 115 Å². The van der Waals surface area contributed by atoms with Crippen molar-refractivity contribution < 1.29 is 30.0 Å². The Labute approximate surface area is 236 Å². The van der Waals surface area contributed by atoms with E-state index in [2.05, 4.69) is 12.1 Å². The maximum atomic E-state index is 11.5. The van der Waals surface area contributed by atoms with Gasteiger partial charge in [0.05, 0.1) is 11.1 Å². The maximum Gasteiger partial charge on any atom is 0.335 e. The van der Waals surface area contributed by atoms with E-state index in [-0.39, 0.29) is 24.3 Å². The molecule has 3 aromatic heterocycles. The molecule has 0 aliphatic heterocycles. The summed E-state index contributed by atoms with van der Waals surface area (Å²) in [6.07, 6.45) is 0.965. The van der Waals surface area contributed by atoms with Gasteiger partial charge in [-0.2, -0.15) is 0 Å². The van der Waals surface area contributed by atoms with Gasteiger partial charge < -0.3 is 20.4 Å². The Hall–Kier alpha value is -3.60. The van der Waals surface area contributed by atoms with Crippen molar-refractivity contribution in [3.63, 3.8) is 0 Å². The predicted molar refractivity (Wildman–Crippen MR) is 157 cm³/mol. The van der Waals surface area contributed by atoms with E-state index in [0.29, 0.717) is 12.8 Å². The van der Waals surface area contributed by atoms with Crippen LogP contribution in [0.4, 0.5) is 0 Å². The van der Waals surface area contributed by atoms with Crippen molar-refractivity contribution in [3.8, 4) is 40.4 Å². The molecule has 0 aliphatic rings. The second-order valence-electron chi connectivity index (χ2n) is 8.81. The second-order valence-corrected chi connectivity index (χ2v) is 12.0. The lowest BCUT2D eigenvalue weighted by Gasteiger charge is -2.00. The zero-order valence-electron chi connectivity index (χ0n) is 20.6. The lowest BCUT2D eigenvalue weighted by atomic mass is 10.1. The lowest BCUT2D eigenvalue weighted by molar-refractivity contribution is 0.0686. The molecule has 0 atom stereocenters. The molecule has 5 aromatic rings. The van der Waals surface area contributed by atoms with Gasteiger partial charge in [-0.3, -0.25) is 0 Å². The summed E-state index contributed by atoms with van der Waals surface area (Å²) in [5.74, 6) is -1.95. The molecule has 0 unspecified atom stereocenters. The number of aliphatic hydroxyl groups excluding tert-OH is 2. The number of rotatable bonds is 10. The average Bonchev–Trinajstić information content (AvgIpc) is 3.68. The quantitative estimate of drug-likeness (QED) is 0.142. The molecule has 0 saturated heterocycles. The van der Waals surface area contributed by atoms with E-state index < -0.39 is 11.9 Å². The molecule has 198 valence electrons. The zero-order valence-corrected chi connectivity index (χ0v) is 23.0. The molecular formula is C30H24O6S3. The highest BCUT2D eigenvalue weighted by Crippen LogP contribution is 2.46. The zero-order chi connectivity index (χ0) is 27.5. The van der Waals surface area contributed by atoms with Crippen LogP contribution in [-0.4, -0.2) is 45.6 Å². The van der Waals surface area contributed by atoms with Crippen LogP contribution in [0.5, 0.6) is 0 Å². The monoisotopic (exact) mass is 576 g/mol. The average molecular weight is 577 g/mol. The Kier molecular flexibility index (Phi) is 8.06. The van der Waals surface area contributed by atoms with E-state index >= 15 is 0 Å². The number of hydrogen-bond donors (Lipinski definition) is 4. The summed E-state index contributed by atoms with van der Waals surface area (Å²) in [4.78, 5) is 28.9. The molecule has 3 heterocycles. The minimum Gasteiger partial charge on any atom is -0.478 e. The predicted octanol–water partition coefficient (Wildman–Crippen LogP) is 7.01. The minimum atomic E-state index is -0.976. The van der Waals surface area contributed by atoms with Gasteiger partial charge >= 0.3 is 11.9 Å². The molecule has 0 radical (unpaired) electrons. The van der Waals surface area contributed by atoms with E-state index in [4.69, 9.17) is 0 Å². The van der Waals surface area contributed by atoms with E-state index in [1.165, 1.54) is 0 Å². The van der Waals surface area contributed by atoms with E-state index in [1.54, 1.807) is 70.4 Å². The van der Waals surface area contributed by atoms with Crippen LogP contribution in [0.15, 0.2) is 72.8 Å². The van der Waals surface area contributed by atoms with Gasteiger partial charge in [0.25, 0.3) is 0 Å². The standard InChI is InChI=1S/C30H24O6S3/c31-11-9-19-15-25(17-3-1-5-21(13-17)29(33)34)38-27(19)23-7-8-24(37-23)28-20(10-12-32)16-26(39-28)18-4-2-6-22(14-18)30(35)36/h1-8,13-16,31-32H,9-12H2,(H,33,34)(H,35,36). The molecule has 5 rings (SSSR count). The van der Waals surface area contributed by atoms with Crippen LogP contribution in [0, 0.1) is 0 Å². The molecule has 2 aromatic carbocycles. The molecule has 6 nitrogen and oxygen atoms in total. The van der Waals surface area contributed by atoms with Crippen molar-refractivity contribution in [1.29, 1.82) is 0 Å². The van der Waals surface area contributed by atoms with Gasteiger partial charge in [0.2, 0.25) is 0 Å². The largest absolute Gasteiger partial charge is 0.478 e. The number of thiophene rings is 3. The van der Waals surface area contributed by atoms with Gasteiger partial charge in [-0.1, -0.05) is 24.3 Å². The Morgan fingerprint density at radius 3 is 1.38 bits per heavy atom.